The second kappa shape index (κ2) is 7.16. The second-order valence-electron chi connectivity index (χ2n) is 2.79. The van der Waals surface area contributed by atoms with Gasteiger partial charge in [0, 0.05) is 18.3 Å². The number of rotatable bonds is 6. The zero-order valence-electron chi connectivity index (χ0n) is 8.13. The fourth-order valence-electron chi connectivity index (χ4n) is 0.919. The molecule has 0 fully saturated rings. The Morgan fingerprint density at radius 1 is 1.47 bits per heavy atom. The summed E-state index contributed by atoms with van der Waals surface area (Å²) in [5, 5.41) is 1.85. The van der Waals surface area contributed by atoms with E-state index in [2.05, 4.69) is 25.3 Å². The largest absolute Gasteiger partial charge is 0.460 e. The minimum atomic E-state index is -0.261. The zero-order chi connectivity index (χ0) is 11.1. The minimum absolute atomic E-state index is 0.261. The van der Waals surface area contributed by atoms with Crippen molar-refractivity contribution in [3.05, 3.63) is 22.4 Å². The number of hydrogen-bond acceptors (Lipinski definition) is 6. The first-order valence-electron chi connectivity index (χ1n) is 4.42. The highest BCUT2D eigenvalue weighted by molar-refractivity contribution is 7.81. The normalized spacial score (nSPS) is 10.6. The van der Waals surface area contributed by atoms with Crippen molar-refractivity contribution in [2.45, 2.75) is 0 Å². The van der Waals surface area contributed by atoms with E-state index < -0.39 is 0 Å². The van der Waals surface area contributed by atoms with E-state index in [4.69, 9.17) is 4.74 Å². The number of esters is 1. The Morgan fingerprint density at radius 2 is 2.20 bits per heavy atom. The van der Waals surface area contributed by atoms with Crippen molar-refractivity contribution in [2.24, 2.45) is 0 Å². The standard InChI is InChI=1S/C9H13NO2S3/c11-9(8-2-1-5-15-8)12-4-3-10(6-13)7-14/h1-2,5,13-14H,3-4,6-7H2. The molecule has 1 aromatic rings. The van der Waals surface area contributed by atoms with Crippen molar-refractivity contribution in [1.29, 1.82) is 0 Å². The maximum absolute atomic E-state index is 11.4. The van der Waals surface area contributed by atoms with Crippen LogP contribution in [0.5, 0.6) is 0 Å². The molecule has 0 N–H and O–H groups in total. The van der Waals surface area contributed by atoms with Crippen molar-refractivity contribution in [1.82, 2.24) is 4.90 Å². The maximum atomic E-state index is 11.4. The molecule has 0 bridgehead atoms. The molecule has 0 spiro atoms. The third-order valence-electron chi connectivity index (χ3n) is 1.76. The van der Waals surface area contributed by atoms with Gasteiger partial charge in [-0.25, -0.2) is 4.79 Å². The van der Waals surface area contributed by atoms with Gasteiger partial charge in [-0.3, -0.25) is 4.90 Å². The average Bonchev–Trinajstić information content (AvgIpc) is 2.77. The molecule has 0 atom stereocenters. The van der Waals surface area contributed by atoms with Crippen LogP contribution in [0.15, 0.2) is 17.5 Å². The first-order valence-corrected chi connectivity index (χ1v) is 6.57. The third-order valence-corrected chi connectivity index (χ3v) is 3.41. The van der Waals surface area contributed by atoms with Gasteiger partial charge in [0.1, 0.15) is 11.5 Å². The van der Waals surface area contributed by atoms with Crippen LogP contribution in [-0.2, 0) is 4.74 Å². The molecule has 0 radical (unpaired) electrons. The second-order valence-corrected chi connectivity index (χ2v) is 4.30. The van der Waals surface area contributed by atoms with Gasteiger partial charge in [0.2, 0.25) is 0 Å². The van der Waals surface area contributed by atoms with Crippen LogP contribution in [0, 0.1) is 0 Å². The third kappa shape index (κ3) is 4.46. The molecule has 6 heteroatoms. The molecule has 1 rings (SSSR count). The Kier molecular flexibility index (Phi) is 6.16. The van der Waals surface area contributed by atoms with E-state index in [1.165, 1.54) is 11.3 Å². The topological polar surface area (TPSA) is 29.5 Å². The van der Waals surface area contributed by atoms with Gasteiger partial charge in [-0.1, -0.05) is 6.07 Å². The van der Waals surface area contributed by atoms with Crippen LogP contribution in [0.4, 0.5) is 0 Å². The number of carbonyl (C=O) groups excluding carboxylic acids is 1. The highest BCUT2D eigenvalue weighted by atomic mass is 32.1. The quantitative estimate of drug-likeness (QED) is 0.467. The van der Waals surface area contributed by atoms with Crippen LogP contribution in [-0.4, -0.2) is 35.8 Å². The molecule has 0 aliphatic rings. The lowest BCUT2D eigenvalue weighted by Crippen LogP contribution is -2.26. The SMILES string of the molecule is O=C(OCCN(CS)CS)c1cccs1. The van der Waals surface area contributed by atoms with Crippen molar-refractivity contribution in [3.63, 3.8) is 0 Å². The van der Waals surface area contributed by atoms with Gasteiger partial charge < -0.3 is 4.74 Å². The molecule has 0 aliphatic carbocycles. The van der Waals surface area contributed by atoms with E-state index in [0.717, 1.165) is 0 Å². The van der Waals surface area contributed by atoms with Crippen molar-refractivity contribution in [3.8, 4) is 0 Å². The van der Waals surface area contributed by atoms with Crippen molar-refractivity contribution < 1.29 is 9.53 Å². The Labute approximate surface area is 104 Å². The van der Waals surface area contributed by atoms with Gasteiger partial charge in [-0.15, -0.1) is 11.3 Å². The summed E-state index contributed by atoms with van der Waals surface area (Å²) in [6.07, 6.45) is 0. The molecule has 0 saturated heterocycles. The maximum Gasteiger partial charge on any atom is 0.348 e. The van der Waals surface area contributed by atoms with Gasteiger partial charge in [-0.2, -0.15) is 25.3 Å². The predicted octanol–water partition coefficient (Wildman–Crippen LogP) is 1.98. The lowest BCUT2D eigenvalue weighted by atomic mass is 10.5. The number of hydrogen-bond donors (Lipinski definition) is 2. The molecular weight excluding hydrogens is 250 g/mol. The van der Waals surface area contributed by atoms with Crippen molar-refractivity contribution in [2.75, 3.05) is 24.9 Å². The van der Waals surface area contributed by atoms with Crippen LogP contribution < -0.4 is 0 Å². The lowest BCUT2D eigenvalue weighted by Gasteiger charge is -2.16. The van der Waals surface area contributed by atoms with Gasteiger partial charge in [0.15, 0.2) is 0 Å². The first kappa shape index (κ1) is 12.9. The minimum Gasteiger partial charge on any atom is -0.460 e. The highest BCUT2D eigenvalue weighted by Gasteiger charge is 2.08. The monoisotopic (exact) mass is 263 g/mol. The summed E-state index contributed by atoms with van der Waals surface area (Å²) >= 11 is 9.62. The molecule has 0 saturated carbocycles. The molecule has 0 aliphatic heterocycles. The summed E-state index contributed by atoms with van der Waals surface area (Å²) in [5.41, 5.74) is 0. The molecule has 1 heterocycles. The van der Waals surface area contributed by atoms with E-state index in [9.17, 15) is 4.79 Å². The number of carbonyl (C=O) groups is 1. The Balaban J connectivity index is 2.23. The summed E-state index contributed by atoms with van der Waals surface area (Å²) in [6.45, 7) is 1.03. The lowest BCUT2D eigenvalue weighted by molar-refractivity contribution is 0.0484. The summed E-state index contributed by atoms with van der Waals surface area (Å²) in [5.74, 6) is 0.961. The molecule has 3 nitrogen and oxygen atoms in total. The predicted molar refractivity (Wildman–Crippen MR) is 69.0 cm³/mol. The molecule has 15 heavy (non-hydrogen) atoms. The van der Waals surface area contributed by atoms with E-state index in [0.29, 0.717) is 29.8 Å². The number of thiol groups is 2. The number of thiophene rings is 1. The Bertz CT molecular complexity index is 286. The molecule has 0 amide bonds. The van der Waals surface area contributed by atoms with Crippen LogP contribution in [0.2, 0.25) is 0 Å². The van der Waals surface area contributed by atoms with Gasteiger partial charge in [-0.05, 0) is 11.4 Å². The summed E-state index contributed by atoms with van der Waals surface area (Å²) < 4.78 is 5.08. The molecule has 84 valence electrons. The Morgan fingerprint density at radius 3 is 2.73 bits per heavy atom. The van der Waals surface area contributed by atoms with Crippen LogP contribution in [0.3, 0.4) is 0 Å². The van der Waals surface area contributed by atoms with Crippen LogP contribution >= 0.6 is 36.6 Å². The Hall–Kier alpha value is -0.170. The van der Waals surface area contributed by atoms with Crippen molar-refractivity contribution >= 4 is 42.6 Å². The zero-order valence-corrected chi connectivity index (χ0v) is 10.7. The molecule has 0 aromatic carbocycles. The van der Waals surface area contributed by atoms with Gasteiger partial charge in [0.05, 0.1) is 0 Å². The fourth-order valence-corrected chi connectivity index (χ4v) is 2.18. The highest BCUT2D eigenvalue weighted by Crippen LogP contribution is 2.09. The van der Waals surface area contributed by atoms with Crippen LogP contribution in [0.25, 0.3) is 0 Å². The van der Waals surface area contributed by atoms with E-state index >= 15 is 0 Å². The van der Waals surface area contributed by atoms with E-state index in [-0.39, 0.29) is 5.97 Å². The summed E-state index contributed by atoms with van der Waals surface area (Å²) in [6, 6.07) is 3.58. The number of ether oxygens (including phenoxy) is 1. The molecular formula is C9H13NO2S3. The van der Waals surface area contributed by atoms with Gasteiger partial charge in [0.25, 0.3) is 0 Å². The van der Waals surface area contributed by atoms with Crippen LogP contribution in [0.1, 0.15) is 9.67 Å². The molecule has 0 unspecified atom stereocenters. The van der Waals surface area contributed by atoms with Gasteiger partial charge >= 0.3 is 5.97 Å². The van der Waals surface area contributed by atoms with E-state index in [1.807, 2.05) is 16.3 Å². The summed E-state index contributed by atoms with van der Waals surface area (Å²) in [7, 11) is 0. The number of nitrogens with zero attached hydrogens (tertiary/aromatic N) is 1. The van der Waals surface area contributed by atoms with E-state index in [1.54, 1.807) is 6.07 Å². The average molecular weight is 263 g/mol. The first-order chi connectivity index (χ1) is 7.27. The molecule has 1 aromatic heterocycles. The summed E-state index contributed by atoms with van der Waals surface area (Å²) in [4.78, 5) is 14.0. The smallest absolute Gasteiger partial charge is 0.348 e. The fraction of sp³-hybridized carbons (Fsp3) is 0.444.